The lowest BCUT2D eigenvalue weighted by Crippen LogP contribution is -2.42. The van der Waals surface area contributed by atoms with Gasteiger partial charge in [0.05, 0.1) is 6.61 Å². The second-order valence-corrected chi connectivity index (χ2v) is 2.24. The Morgan fingerprint density at radius 1 is 1.50 bits per heavy atom. The summed E-state index contributed by atoms with van der Waals surface area (Å²) in [6.07, 6.45) is -5.16. The fourth-order valence-electron chi connectivity index (χ4n) is 0.717. The summed E-state index contributed by atoms with van der Waals surface area (Å²) in [5, 5.41) is 0. The summed E-state index contributed by atoms with van der Waals surface area (Å²) in [6, 6.07) is -3.97. The molecule has 0 N–H and O–H groups in total. The summed E-state index contributed by atoms with van der Waals surface area (Å²) in [4.78, 5) is 0. The maximum atomic E-state index is 12.6. The number of halogens is 4. The van der Waals surface area contributed by atoms with Crippen LogP contribution in [0.3, 0.4) is 0 Å². The highest BCUT2D eigenvalue weighted by Gasteiger charge is 2.63. The number of hydrogen-bond acceptors (Lipinski definition) is 2. The fraction of sp³-hybridized carbons (Fsp3) is 0.667. The lowest BCUT2D eigenvalue weighted by atomic mass is 10.4. The fourth-order valence-corrected chi connectivity index (χ4v) is 0.717. The maximum Gasteiger partial charge on any atom is 0.478 e. The molecule has 0 spiro atoms. The van der Waals surface area contributed by atoms with Crippen molar-refractivity contribution in [2.45, 2.75) is 18.3 Å². The maximum absolute atomic E-state index is 12.6. The molecule has 12 heavy (non-hydrogen) atoms. The molecule has 1 aliphatic rings. The van der Waals surface area contributed by atoms with Crippen LogP contribution in [0.4, 0.5) is 17.6 Å². The number of alkyl halides is 4. The first-order chi connectivity index (χ1) is 5.39. The van der Waals surface area contributed by atoms with E-state index in [1.807, 2.05) is 0 Å². The third-order valence-electron chi connectivity index (χ3n) is 1.34. The van der Waals surface area contributed by atoms with E-state index < -0.39 is 24.9 Å². The molecule has 0 aromatic carbocycles. The SMILES string of the molecule is C=CC1COC(F)(C(F)(F)F)O1. The Bertz CT molecular complexity index is 190. The molecule has 1 aliphatic heterocycles. The molecule has 70 valence electrons. The van der Waals surface area contributed by atoms with Crippen LogP contribution in [0, 0.1) is 0 Å². The van der Waals surface area contributed by atoms with Crippen LogP contribution in [-0.2, 0) is 9.47 Å². The molecule has 2 atom stereocenters. The molecule has 2 unspecified atom stereocenters. The van der Waals surface area contributed by atoms with Crippen molar-refractivity contribution < 1.29 is 27.0 Å². The van der Waals surface area contributed by atoms with Gasteiger partial charge >= 0.3 is 12.2 Å². The van der Waals surface area contributed by atoms with Gasteiger partial charge in [0.25, 0.3) is 0 Å². The molecule has 1 rings (SSSR count). The minimum Gasteiger partial charge on any atom is -0.314 e. The summed E-state index contributed by atoms with van der Waals surface area (Å²) >= 11 is 0. The molecular weight excluding hydrogens is 180 g/mol. The minimum atomic E-state index is -5.16. The van der Waals surface area contributed by atoms with Gasteiger partial charge < -0.3 is 9.47 Å². The topological polar surface area (TPSA) is 18.5 Å². The third-order valence-corrected chi connectivity index (χ3v) is 1.34. The second kappa shape index (κ2) is 2.70. The average Bonchev–Trinajstić information content (AvgIpc) is 2.31. The van der Waals surface area contributed by atoms with Crippen LogP contribution < -0.4 is 0 Å². The quantitative estimate of drug-likeness (QED) is 0.459. The molecule has 1 saturated heterocycles. The molecular formula is C6H6F4O2. The van der Waals surface area contributed by atoms with Crippen LogP contribution in [0.5, 0.6) is 0 Å². The van der Waals surface area contributed by atoms with Crippen LogP contribution >= 0.6 is 0 Å². The Kier molecular flexibility index (Phi) is 2.13. The van der Waals surface area contributed by atoms with Crippen LogP contribution in [0.15, 0.2) is 12.7 Å². The van der Waals surface area contributed by atoms with E-state index in [0.29, 0.717) is 0 Å². The highest BCUT2D eigenvalue weighted by molar-refractivity contribution is 4.87. The Labute approximate surface area is 65.8 Å². The van der Waals surface area contributed by atoms with E-state index in [1.54, 1.807) is 0 Å². The van der Waals surface area contributed by atoms with Crippen molar-refractivity contribution in [3.05, 3.63) is 12.7 Å². The molecule has 0 aromatic rings. The minimum absolute atomic E-state index is 0.473. The molecule has 0 bridgehead atoms. The largest absolute Gasteiger partial charge is 0.478 e. The smallest absolute Gasteiger partial charge is 0.314 e. The van der Waals surface area contributed by atoms with Crippen molar-refractivity contribution in [3.8, 4) is 0 Å². The van der Waals surface area contributed by atoms with Gasteiger partial charge in [0.1, 0.15) is 6.10 Å². The van der Waals surface area contributed by atoms with Gasteiger partial charge in [-0.25, -0.2) is 0 Å². The number of ether oxygens (including phenoxy) is 2. The Morgan fingerprint density at radius 3 is 2.33 bits per heavy atom. The summed E-state index contributed by atoms with van der Waals surface area (Å²) in [5.41, 5.74) is 0. The van der Waals surface area contributed by atoms with Crippen molar-refractivity contribution in [1.82, 2.24) is 0 Å². The molecule has 1 heterocycles. The average molecular weight is 186 g/mol. The van der Waals surface area contributed by atoms with Crippen LogP contribution in [0.2, 0.25) is 0 Å². The van der Waals surface area contributed by atoms with Gasteiger partial charge in [-0.05, 0) is 0 Å². The van der Waals surface area contributed by atoms with E-state index in [9.17, 15) is 17.6 Å². The summed E-state index contributed by atoms with van der Waals surface area (Å²) < 4.78 is 55.8. The number of rotatable bonds is 1. The predicted molar refractivity (Wildman–Crippen MR) is 30.9 cm³/mol. The monoisotopic (exact) mass is 186 g/mol. The molecule has 0 amide bonds. The van der Waals surface area contributed by atoms with E-state index in [-0.39, 0.29) is 0 Å². The van der Waals surface area contributed by atoms with E-state index in [1.165, 1.54) is 0 Å². The molecule has 0 radical (unpaired) electrons. The van der Waals surface area contributed by atoms with Gasteiger partial charge in [-0.15, -0.1) is 6.58 Å². The second-order valence-electron chi connectivity index (χ2n) is 2.24. The molecule has 1 fully saturated rings. The van der Waals surface area contributed by atoms with Gasteiger partial charge in [0.2, 0.25) is 0 Å². The van der Waals surface area contributed by atoms with Gasteiger partial charge in [-0.1, -0.05) is 6.08 Å². The lowest BCUT2D eigenvalue weighted by Gasteiger charge is -2.20. The zero-order valence-electron chi connectivity index (χ0n) is 5.90. The highest BCUT2D eigenvalue weighted by atomic mass is 19.4. The zero-order valence-corrected chi connectivity index (χ0v) is 5.90. The van der Waals surface area contributed by atoms with Gasteiger partial charge in [0, 0.05) is 0 Å². The zero-order chi connectivity index (χ0) is 9.41. The highest BCUT2D eigenvalue weighted by Crippen LogP contribution is 2.40. The first kappa shape index (κ1) is 9.47. The summed E-state index contributed by atoms with van der Waals surface area (Å²) in [7, 11) is 0. The van der Waals surface area contributed by atoms with Gasteiger partial charge in [-0.2, -0.15) is 17.6 Å². The molecule has 0 aromatic heterocycles. The molecule has 0 saturated carbocycles. The van der Waals surface area contributed by atoms with Crippen LogP contribution in [-0.4, -0.2) is 24.9 Å². The normalized spacial score (nSPS) is 36.8. The first-order valence-electron chi connectivity index (χ1n) is 3.09. The van der Waals surface area contributed by atoms with Crippen molar-refractivity contribution in [2.75, 3.05) is 6.61 Å². The van der Waals surface area contributed by atoms with Crippen molar-refractivity contribution in [2.24, 2.45) is 0 Å². The molecule has 2 nitrogen and oxygen atoms in total. The van der Waals surface area contributed by atoms with Crippen LogP contribution in [0.1, 0.15) is 0 Å². The third kappa shape index (κ3) is 1.44. The Morgan fingerprint density at radius 2 is 2.08 bits per heavy atom. The van der Waals surface area contributed by atoms with E-state index in [2.05, 4.69) is 16.1 Å². The van der Waals surface area contributed by atoms with Crippen molar-refractivity contribution in [3.63, 3.8) is 0 Å². The van der Waals surface area contributed by atoms with Gasteiger partial charge in [-0.3, -0.25) is 0 Å². The standard InChI is InChI=1S/C6H6F4O2/c1-2-4-3-11-6(10,12-4)5(7,8)9/h2,4H,1,3H2. The summed E-state index contributed by atoms with van der Waals surface area (Å²) in [6.45, 7) is 2.68. The van der Waals surface area contributed by atoms with E-state index in [0.717, 1.165) is 6.08 Å². The molecule has 6 heteroatoms. The summed E-state index contributed by atoms with van der Waals surface area (Å²) in [5.74, 6) is 0. The Hall–Kier alpha value is -0.620. The van der Waals surface area contributed by atoms with Crippen molar-refractivity contribution >= 4 is 0 Å². The van der Waals surface area contributed by atoms with Crippen molar-refractivity contribution in [1.29, 1.82) is 0 Å². The first-order valence-corrected chi connectivity index (χ1v) is 3.09. The predicted octanol–water partition coefficient (Wildman–Crippen LogP) is 1.77. The number of hydrogen-bond donors (Lipinski definition) is 0. The van der Waals surface area contributed by atoms with Crippen LogP contribution in [0.25, 0.3) is 0 Å². The van der Waals surface area contributed by atoms with Gasteiger partial charge in [0.15, 0.2) is 0 Å². The lowest BCUT2D eigenvalue weighted by molar-refractivity contribution is -0.405. The van der Waals surface area contributed by atoms with E-state index in [4.69, 9.17) is 0 Å². The Balaban J connectivity index is 2.70. The van der Waals surface area contributed by atoms with E-state index >= 15 is 0 Å². The molecule has 0 aliphatic carbocycles.